The number of hydrogen-bond donors (Lipinski definition) is 5. The molecule has 0 saturated carbocycles. The van der Waals surface area contributed by atoms with Crippen molar-refractivity contribution in [2.24, 2.45) is 0 Å². The van der Waals surface area contributed by atoms with Crippen molar-refractivity contribution in [3.05, 3.63) is 0 Å². The second-order valence-electron chi connectivity index (χ2n) is 3.25. The fraction of sp³-hybridized carbons (Fsp3) is 1.00. The molecule has 0 spiro atoms. The van der Waals surface area contributed by atoms with Crippen LogP contribution in [-0.4, -0.2) is 68.9 Å². The van der Waals surface area contributed by atoms with E-state index in [9.17, 15) is 25.5 Å². The summed E-state index contributed by atoms with van der Waals surface area (Å²) < 4.78 is 4.60. The second-order valence-corrected chi connectivity index (χ2v) is 3.25. The smallest absolute Gasteiger partial charge is 0.851 e. The Balaban J connectivity index is 0.00000196. The first-order valence-electron chi connectivity index (χ1n) is 4.09. The summed E-state index contributed by atoms with van der Waals surface area (Å²) in [5.41, 5.74) is 0. The van der Waals surface area contributed by atoms with Crippen LogP contribution < -0.4 is 34.7 Å². The molecule has 1 aliphatic heterocycles. The topological polar surface area (TPSA) is 133 Å². The van der Waals surface area contributed by atoms with E-state index >= 15 is 0 Å². The first-order chi connectivity index (χ1) is 6.46. The largest absolute Gasteiger partial charge is 1.00 e. The summed E-state index contributed by atoms with van der Waals surface area (Å²) in [7, 11) is 0. The van der Waals surface area contributed by atoms with E-state index in [1.165, 1.54) is 0 Å². The van der Waals surface area contributed by atoms with Gasteiger partial charge in [0.15, 0.2) is 5.79 Å². The standard InChI is InChI=1S/C7H13O7.Na/c8-1-3-4(10)5(11)6(12)7(13,2-9)14-3;/h3-6,8,10-13H,1-2H2;/q-1;+1/t3-,4-,5+,6-,7+;/m1./s1. The number of aliphatic hydroxyl groups is 5. The predicted octanol–water partition coefficient (Wildman–Crippen LogP) is -7.49. The van der Waals surface area contributed by atoms with Crippen molar-refractivity contribution < 1.29 is 64.9 Å². The van der Waals surface area contributed by atoms with Gasteiger partial charge < -0.3 is 35.4 Å². The third kappa shape index (κ3) is 2.89. The van der Waals surface area contributed by atoms with Crippen molar-refractivity contribution in [2.75, 3.05) is 13.2 Å². The molecule has 5 N–H and O–H groups in total. The van der Waals surface area contributed by atoms with E-state index in [1.54, 1.807) is 0 Å². The maximum Gasteiger partial charge on any atom is 1.00 e. The van der Waals surface area contributed by atoms with E-state index in [1.807, 2.05) is 0 Å². The maximum absolute atomic E-state index is 10.5. The molecule has 0 aromatic heterocycles. The minimum absolute atomic E-state index is 0. The van der Waals surface area contributed by atoms with Crippen LogP contribution in [0.15, 0.2) is 0 Å². The predicted molar refractivity (Wildman–Crippen MR) is 39.8 cm³/mol. The SMILES string of the molecule is [Na+].[O-]C[C@]1(O)O[C@H](CO)[C@@H](O)[C@H](O)[C@H]1O. The Morgan fingerprint density at radius 2 is 1.73 bits per heavy atom. The van der Waals surface area contributed by atoms with Gasteiger partial charge in [0.2, 0.25) is 0 Å². The van der Waals surface area contributed by atoms with Gasteiger partial charge in [0.25, 0.3) is 0 Å². The molecule has 0 aliphatic carbocycles. The summed E-state index contributed by atoms with van der Waals surface area (Å²) in [6.07, 6.45) is -6.44. The molecule has 1 rings (SSSR count). The molecule has 1 saturated heterocycles. The van der Waals surface area contributed by atoms with Crippen molar-refractivity contribution in [1.29, 1.82) is 0 Å². The molecule has 0 aromatic carbocycles. The van der Waals surface area contributed by atoms with Crippen LogP contribution in [0.1, 0.15) is 0 Å². The van der Waals surface area contributed by atoms with Crippen LogP contribution in [0.2, 0.25) is 0 Å². The summed E-state index contributed by atoms with van der Waals surface area (Å²) in [6.45, 7) is -1.87. The quantitative estimate of drug-likeness (QED) is 0.298. The first-order valence-corrected chi connectivity index (χ1v) is 4.09. The van der Waals surface area contributed by atoms with E-state index in [0.29, 0.717) is 0 Å². The van der Waals surface area contributed by atoms with Gasteiger partial charge in [-0.2, -0.15) is 0 Å². The van der Waals surface area contributed by atoms with E-state index in [-0.39, 0.29) is 29.6 Å². The van der Waals surface area contributed by atoms with Gasteiger partial charge in [-0.05, 0) is 0 Å². The molecular weight excluding hydrogens is 219 g/mol. The number of rotatable bonds is 2. The van der Waals surface area contributed by atoms with E-state index in [0.717, 1.165) is 0 Å². The van der Waals surface area contributed by atoms with Crippen molar-refractivity contribution in [3.8, 4) is 0 Å². The fourth-order valence-electron chi connectivity index (χ4n) is 1.34. The van der Waals surface area contributed by atoms with Crippen molar-refractivity contribution in [1.82, 2.24) is 0 Å². The van der Waals surface area contributed by atoms with Crippen LogP contribution in [0.4, 0.5) is 0 Å². The molecule has 1 aliphatic rings. The summed E-state index contributed by atoms with van der Waals surface area (Å²) in [5.74, 6) is -2.47. The fourth-order valence-corrected chi connectivity index (χ4v) is 1.34. The molecule has 1 fully saturated rings. The zero-order valence-electron chi connectivity index (χ0n) is 8.28. The normalized spacial score (nSPS) is 46.0. The average Bonchev–Trinajstić information content (AvgIpc) is 2.20. The van der Waals surface area contributed by atoms with Gasteiger partial charge in [-0.3, -0.25) is 0 Å². The van der Waals surface area contributed by atoms with Crippen LogP contribution in [0.3, 0.4) is 0 Å². The van der Waals surface area contributed by atoms with Gasteiger partial charge in [0, 0.05) is 0 Å². The third-order valence-corrected chi connectivity index (χ3v) is 2.26. The van der Waals surface area contributed by atoms with Crippen LogP contribution in [-0.2, 0) is 4.74 Å². The Morgan fingerprint density at radius 3 is 2.13 bits per heavy atom. The Labute approximate surface area is 108 Å². The van der Waals surface area contributed by atoms with Crippen molar-refractivity contribution >= 4 is 0 Å². The second kappa shape index (κ2) is 5.87. The minimum Gasteiger partial charge on any atom is -0.851 e. The van der Waals surface area contributed by atoms with Crippen molar-refractivity contribution in [3.63, 3.8) is 0 Å². The monoisotopic (exact) mass is 232 g/mol. The maximum atomic E-state index is 10.5. The molecule has 84 valence electrons. The summed E-state index contributed by atoms with van der Waals surface area (Å²) >= 11 is 0. The third-order valence-electron chi connectivity index (χ3n) is 2.26. The summed E-state index contributed by atoms with van der Waals surface area (Å²) in [4.78, 5) is 0. The average molecular weight is 232 g/mol. The minimum atomic E-state index is -2.47. The van der Waals surface area contributed by atoms with Crippen LogP contribution >= 0.6 is 0 Å². The van der Waals surface area contributed by atoms with Gasteiger partial charge in [-0.15, -0.1) is 0 Å². The first kappa shape index (κ1) is 15.7. The molecule has 8 heteroatoms. The van der Waals surface area contributed by atoms with Gasteiger partial charge in [0.1, 0.15) is 24.4 Å². The Bertz CT molecular complexity index is 202. The van der Waals surface area contributed by atoms with Crippen LogP contribution in [0.5, 0.6) is 0 Å². The molecular formula is C7H13NaO7. The van der Waals surface area contributed by atoms with Crippen LogP contribution in [0.25, 0.3) is 0 Å². The van der Waals surface area contributed by atoms with Crippen LogP contribution in [0, 0.1) is 0 Å². The number of ether oxygens (including phenoxy) is 1. The molecule has 0 bridgehead atoms. The van der Waals surface area contributed by atoms with E-state index in [2.05, 4.69) is 4.74 Å². The van der Waals surface area contributed by atoms with Gasteiger partial charge >= 0.3 is 29.6 Å². The molecule has 5 atom stereocenters. The summed E-state index contributed by atoms with van der Waals surface area (Å²) in [5, 5.41) is 56.3. The van der Waals surface area contributed by atoms with Crippen molar-refractivity contribution in [2.45, 2.75) is 30.2 Å². The molecule has 1 heterocycles. The Kier molecular flexibility index (Phi) is 6.16. The molecule has 0 amide bonds. The van der Waals surface area contributed by atoms with E-state index < -0.39 is 43.4 Å². The zero-order chi connectivity index (χ0) is 10.9. The Morgan fingerprint density at radius 1 is 1.20 bits per heavy atom. The van der Waals surface area contributed by atoms with Gasteiger partial charge in [-0.1, -0.05) is 6.61 Å². The molecule has 0 unspecified atom stereocenters. The molecule has 0 radical (unpaired) electrons. The van der Waals surface area contributed by atoms with Gasteiger partial charge in [0.05, 0.1) is 6.61 Å². The molecule has 15 heavy (non-hydrogen) atoms. The van der Waals surface area contributed by atoms with E-state index in [4.69, 9.17) is 5.11 Å². The molecule has 0 aromatic rings. The zero-order valence-corrected chi connectivity index (χ0v) is 10.3. The Hall–Kier alpha value is 0.720. The summed E-state index contributed by atoms with van der Waals surface area (Å²) in [6, 6.07) is 0. The number of aliphatic hydroxyl groups excluding tert-OH is 4. The number of hydrogen-bond acceptors (Lipinski definition) is 7. The molecule has 7 nitrogen and oxygen atoms in total. The van der Waals surface area contributed by atoms with Gasteiger partial charge in [-0.25, -0.2) is 0 Å².